The van der Waals surface area contributed by atoms with Crippen molar-refractivity contribution in [1.29, 1.82) is 0 Å². The number of amides is 1. The molecule has 3 rings (SSSR count). The molecule has 0 saturated carbocycles. The number of aryl methyl sites for hydroxylation is 1. The number of Topliss-reactive ketones (excluding diaryl/α,β-unsaturated/α-hetero) is 2. The lowest BCUT2D eigenvalue weighted by molar-refractivity contribution is -0.148. The van der Waals surface area contributed by atoms with Crippen molar-refractivity contribution in [2.75, 3.05) is 6.79 Å². The molecule has 1 amide bonds. The van der Waals surface area contributed by atoms with E-state index in [4.69, 9.17) is 23.0 Å². The number of ether oxygens (including phenoxy) is 2. The van der Waals surface area contributed by atoms with Gasteiger partial charge in [0.15, 0.2) is 5.78 Å². The Morgan fingerprint density at radius 2 is 1.26 bits per heavy atom. The van der Waals surface area contributed by atoms with Gasteiger partial charge in [0, 0.05) is 18.8 Å². The van der Waals surface area contributed by atoms with Crippen molar-refractivity contribution < 1.29 is 56.7 Å². The molecule has 0 spiro atoms. The van der Waals surface area contributed by atoms with Crippen LogP contribution in [0.5, 0.6) is 0 Å². The topological polar surface area (TPSA) is 181 Å². The van der Waals surface area contributed by atoms with Gasteiger partial charge in [0.2, 0.25) is 12.7 Å². The molecule has 14 heteroatoms. The van der Waals surface area contributed by atoms with E-state index >= 15 is 0 Å². The molecule has 292 valence electrons. The van der Waals surface area contributed by atoms with E-state index in [0.717, 1.165) is 5.56 Å². The molecule has 0 radical (unpaired) electrons. The molecule has 0 unspecified atom stereocenters. The molecule has 0 bridgehead atoms. The Morgan fingerprint density at radius 3 is 1.74 bits per heavy atom. The summed E-state index contributed by atoms with van der Waals surface area (Å²) >= 11 is 0. The monoisotopic (exact) mass is 767 g/mol. The van der Waals surface area contributed by atoms with Crippen molar-refractivity contribution in [3.8, 4) is 0 Å². The number of benzene rings is 3. The Labute approximate surface area is 316 Å². The predicted octanol–water partition coefficient (Wildman–Crippen LogP) is 7.46. The van der Waals surface area contributed by atoms with E-state index in [1.54, 1.807) is 60.7 Å². The number of rotatable bonds is 24. The van der Waals surface area contributed by atoms with E-state index in [0.29, 0.717) is 24.0 Å². The summed E-state index contributed by atoms with van der Waals surface area (Å²) in [5.41, 5.74) is 2.36. The molecule has 54 heavy (non-hydrogen) atoms. The number of ketones is 2. The van der Waals surface area contributed by atoms with Crippen LogP contribution in [-0.4, -0.2) is 53.6 Å². The molecule has 0 heterocycles. The first-order chi connectivity index (χ1) is 25.7. The number of phosphoric ester groups is 1. The molecule has 3 aromatic rings. The molecule has 13 nitrogen and oxygen atoms in total. The first-order valence-corrected chi connectivity index (χ1v) is 19.2. The molecule has 0 fully saturated rings. The minimum absolute atomic E-state index is 0.0105. The number of hydrogen-bond donors (Lipinski definition) is 2. The second kappa shape index (κ2) is 22.5. The lowest BCUT2D eigenvalue weighted by atomic mass is 9.89. The van der Waals surface area contributed by atoms with Crippen LogP contribution in [0.2, 0.25) is 0 Å². The van der Waals surface area contributed by atoms with Crippen LogP contribution in [-0.2, 0) is 66.4 Å². The maximum Gasteiger partial charge on any atom is 0.510 e. The molecule has 0 aromatic heterocycles. The number of carboxylic acid groups (broad SMARTS) is 1. The van der Waals surface area contributed by atoms with Crippen molar-refractivity contribution in [3.05, 3.63) is 108 Å². The van der Waals surface area contributed by atoms with Gasteiger partial charge in [0.25, 0.3) is 0 Å². The molecular weight excluding hydrogens is 717 g/mol. The molecule has 0 saturated heterocycles. The minimum Gasteiger partial charge on any atom is -0.481 e. The van der Waals surface area contributed by atoms with Gasteiger partial charge in [-0.15, -0.1) is 0 Å². The van der Waals surface area contributed by atoms with E-state index in [2.05, 4.69) is 5.32 Å². The summed E-state index contributed by atoms with van der Waals surface area (Å²) in [5, 5.41) is 12.8. The minimum atomic E-state index is -4.29. The fourth-order valence-electron chi connectivity index (χ4n) is 5.48. The van der Waals surface area contributed by atoms with Crippen LogP contribution < -0.4 is 5.32 Å². The standard InChI is InChI=1S/C40H50NO12P/c1-28(2)22-36(41-38(44)34(23-29(3)42)21-20-31-14-8-5-9-15-31)37(43)24-35(39(45)46)30(4)53-40(47)49-27-52-54(48,50-25-32-16-10-6-11-17-32)51-26-33-18-12-7-13-19-33/h5-19,28,30,34-36H,20-27H2,1-4H3,(H,41,44)(H,45,46)/t30-,34-,35+,36+/m1/s1. The van der Waals surface area contributed by atoms with Crippen molar-refractivity contribution in [2.24, 2.45) is 17.8 Å². The van der Waals surface area contributed by atoms with E-state index in [1.165, 1.54) is 13.8 Å². The highest BCUT2D eigenvalue weighted by atomic mass is 31.2. The van der Waals surface area contributed by atoms with E-state index in [1.807, 2.05) is 44.2 Å². The summed E-state index contributed by atoms with van der Waals surface area (Å²) in [7, 11) is -4.29. The molecule has 0 aliphatic heterocycles. The Morgan fingerprint density at radius 1 is 0.741 bits per heavy atom. The average Bonchev–Trinajstić information content (AvgIpc) is 3.14. The van der Waals surface area contributed by atoms with Gasteiger partial charge in [0.05, 0.1) is 19.3 Å². The van der Waals surface area contributed by atoms with Crippen molar-refractivity contribution in [3.63, 3.8) is 0 Å². The highest BCUT2D eigenvalue weighted by Crippen LogP contribution is 2.51. The van der Waals surface area contributed by atoms with Crippen LogP contribution in [0.15, 0.2) is 91.0 Å². The number of phosphoric acid groups is 1. The summed E-state index contributed by atoms with van der Waals surface area (Å²) in [4.78, 5) is 63.9. The van der Waals surface area contributed by atoms with Crippen LogP contribution in [0.25, 0.3) is 0 Å². The predicted molar refractivity (Wildman–Crippen MR) is 199 cm³/mol. The van der Waals surface area contributed by atoms with Gasteiger partial charge in [-0.05, 0) is 55.7 Å². The van der Waals surface area contributed by atoms with Gasteiger partial charge >= 0.3 is 19.9 Å². The van der Waals surface area contributed by atoms with E-state index < -0.39 is 68.8 Å². The fraction of sp³-hybridized carbons (Fsp3) is 0.425. The van der Waals surface area contributed by atoms with Gasteiger partial charge in [-0.25, -0.2) is 13.9 Å². The molecule has 3 aromatic carbocycles. The normalized spacial score (nSPS) is 13.6. The Hall–Kier alpha value is -4.68. The maximum atomic E-state index is 13.6. The molecule has 0 aliphatic carbocycles. The lowest BCUT2D eigenvalue weighted by Gasteiger charge is -2.25. The van der Waals surface area contributed by atoms with E-state index in [9.17, 15) is 33.6 Å². The smallest absolute Gasteiger partial charge is 0.481 e. The van der Waals surface area contributed by atoms with Crippen LogP contribution >= 0.6 is 7.82 Å². The second-order valence-electron chi connectivity index (χ2n) is 13.4. The van der Waals surface area contributed by atoms with Gasteiger partial charge in [-0.3, -0.25) is 23.4 Å². The quantitative estimate of drug-likeness (QED) is 0.0523. The molecule has 0 aliphatic rings. The summed E-state index contributed by atoms with van der Waals surface area (Å²) in [5.74, 6) is -4.89. The average molecular weight is 768 g/mol. The molecule has 4 atom stereocenters. The third kappa shape index (κ3) is 16.1. The van der Waals surface area contributed by atoms with Gasteiger partial charge in [-0.2, -0.15) is 0 Å². The van der Waals surface area contributed by atoms with Crippen LogP contribution in [0.1, 0.15) is 70.1 Å². The zero-order valence-corrected chi connectivity index (χ0v) is 32.0. The lowest BCUT2D eigenvalue weighted by Crippen LogP contribution is -2.46. The van der Waals surface area contributed by atoms with Crippen LogP contribution in [0, 0.1) is 17.8 Å². The summed E-state index contributed by atoms with van der Waals surface area (Å²) < 4.78 is 39.7. The largest absolute Gasteiger partial charge is 0.510 e. The Balaban J connectivity index is 1.60. The van der Waals surface area contributed by atoms with Crippen molar-refractivity contribution in [1.82, 2.24) is 5.32 Å². The molecule has 2 N–H and O–H groups in total. The zero-order chi connectivity index (χ0) is 39.5. The molecular formula is C40H50NO12P. The number of carbonyl (C=O) groups is 5. The van der Waals surface area contributed by atoms with Gasteiger partial charge in [-0.1, -0.05) is 105 Å². The van der Waals surface area contributed by atoms with Crippen molar-refractivity contribution >= 4 is 37.4 Å². The highest BCUT2D eigenvalue weighted by molar-refractivity contribution is 7.48. The zero-order valence-electron chi connectivity index (χ0n) is 31.1. The van der Waals surface area contributed by atoms with Gasteiger partial charge in [0.1, 0.15) is 17.8 Å². The number of carbonyl (C=O) groups excluding carboxylic acids is 4. The van der Waals surface area contributed by atoms with Gasteiger partial charge < -0.3 is 24.7 Å². The fourth-order valence-corrected chi connectivity index (χ4v) is 6.50. The first-order valence-electron chi connectivity index (χ1n) is 17.8. The number of carboxylic acids is 1. The summed E-state index contributed by atoms with van der Waals surface area (Å²) in [6.45, 7) is 5.20. The number of aliphatic carboxylic acids is 1. The third-order valence-electron chi connectivity index (χ3n) is 8.38. The summed E-state index contributed by atoms with van der Waals surface area (Å²) in [6.07, 6.45) is -2.16. The number of hydrogen-bond acceptors (Lipinski definition) is 11. The Bertz CT molecular complexity index is 1640. The van der Waals surface area contributed by atoms with E-state index in [-0.39, 0.29) is 37.8 Å². The van der Waals surface area contributed by atoms with Crippen molar-refractivity contribution in [2.45, 2.75) is 85.2 Å². The second-order valence-corrected chi connectivity index (χ2v) is 15.0. The third-order valence-corrected chi connectivity index (χ3v) is 9.69. The van der Waals surface area contributed by atoms with Crippen LogP contribution in [0.4, 0.5) is 4.79 Å². The van der Waals surface area contributed by atoms with Crippen LogP contribution in [0.3, 0.4) is 0 Å². The Kier molecular flexibility index (Phi) is 18.2. The highest BCUT2D eigenvalue weighted by Gasteiger charge is 2.35. The number of nitrogens with one attached hydrogen (secondary N) is 1. The summed E-state index contributed by atoms with van der Waals surface area (Å²) in [6, 6.07) is 26.1. The SMILES string of the molecule is CC(=O)C[C@@H](CCc1ccccc1)C(=O)N[C@@H](CC(C)C)C(=O)C[C@H](C(=O)O)[C@@H](C)OC(=O)OCOP(=O)(OCc1ccccc1)OCc1ccccc1. The maximum absolute atomic E-state index is 13.6. The first kappa shape index (κ1) is 43.7.